The third-order valence-corrected chi connectivity index (χ3v) is 10.4. The van der Waals surface area contributed by atoms with Gasteiger partial charge in [-0.25, -0.2) is 4.79 Å². The Kier molecular flexibility index (Phi) is 38.5. The van der Waals surface area contributed by atoms with Crippen molar-refractivity contribution >= 4 is 18.0 Å². The van der Waals surface area contributed by atoms with Gasteiger partial charge in [-0.05, 0) is 83.8 Å². The summed E-state index contributed by atoms with van der Waals surface area (Å²) in [5, 5.41) is 2.99. The molecule has 0 fully saturated rings. The average Bonchev–Trinajstić information content (AvgIpc) is 3.14. The van der Waals surface area contributed by atoms with Crippen LogP contribution in [0.4, 0.5) is 4.79 Å². The SMILES string of the molecule is CCCCCCCCCOC(=O)CCCCCCCN(CCCCCCCC(=O)OC(CCCCCC)CCCCCCC)CCCNC(=O)N(C)C. The fourth-order valence-electron chi connectivity index (χ4n) is 6.86. The number of unbranched alkanes of at least 4 members (excludes halogenated alkanes) is 21. The number of urea groups is 1. The first-order valence-corrected chi connectivity index (χ1v) is 22.9. The maximum Gasteiger partial charge on any atom is 0.316 e. The second-order valence-corrected chi connectivity index (χ2v) is 15.9. The Bertz CT molecular complexity index is 824. The van der Waals surface area contributed by atoms with Gasteiger partial charge in [0.1, 0.15) is 6.10 Å². The van der Waals surface area contributed by atoms with Gasteiger partial charge in [0.05, 0.1) is 6.61 Å². The lowest BCUT2D eigenvalue weighted by molar-refractivity contribution is -0.150. The van der Waals surface area contributed by atoms with Crippen molar-refractivity contribution in [3.05, 3.63) is 0 Å². The molecule has 0 aliphatic heterocycles. The van der Waals surface area contributed by atoms with Crippen LogP contribution in [0.3, 0.4) is 0 Å². The van der Waals surface area contributed by atoms with Crippen LogP contribution in [0.5, 0.6) is 0 Å². The standard InChI is InChI=1S/C45H89N3O5/c1-6-9-12-15-16-24-31-41-52-43(49)35-27-20-17-22-29-38-48(40-32-37-46-45(51)47(4)5)39-30-23-18-21-28-36-44(50)53-42(33-25-14-11-8-3)34-26-19-13-10-7-2/h42H,6-41H2,1-5H3,(H,46,51). The molecule has 53 heavy (non-hydrogen) atoms. The van der Waals surface area contributed by atoms with E-state index < -0.39 is 0 Å². The maximum absolute atomic E-state index is 12.7. The number of rotatable bonds is 40. The molecule has 0 aromatic carbocycles. The van der Waals surface area contributed by atoms with Crippen molar-refractivity contribution < 1.29 is 23.9 Å². The highest BCUT2D eigenvalue weighted by Crippen LogP contribution is 2.18. The lowest BCUT2D eigenvalue weighted by atomic mass is 10.0. The van der Waals surface area contributed by atoms with Gasteiger partial charge in [-0.3, -0.25) is 9.59 Å². The zero-order valence-electron chi connectivity index (χ0n) is 36.0. The van der Waals surface area contributed by atoms with Crippen molar-refractivity contribution in [2.75, 3.05) is 46.9 Å². The fraction of sp³-hybridized carbons (Fsp3) is 0.933. The predicted octanol–water partition coefficient (Wildman–Crippen LogP) is 12.2. The van der Waals surface area contributed by atoms with Crippen LogP contribution in [0.25, 0.3) is 0 Å². The lowest BCUT2D eigenvalue weighted by Gasteiger charge is -2.23. The smallest absolute Gasteiger partial charge is 0.316 e. The highest BCUT2D eigenvalue weighted by molar-refractivity contribution is 5.73. The number of hydrogen-bond donors (Lipinski definition) is 1. The summed E-state index contributed by atoms with van der Waals surface area (Å²) in [4.78, 5) is 40.8. The molecule has 0 aromatic rings. The fourth-order valence-corrected chi connectivity index (χ4v) is 6.86. The number of ether oxygens (including phenoxy) is 2. The van der Waals surface area contributed by atoms with Crippen LogP contribution in [0.15, 0.2) is 0 Å². The number of carbonyl (C=O) groups excluding carboxylic acids is 3. The molecule has 0 saturated carbocycles. The average molecular weight is 752 g/mol. The van der Waals surface area contributed by atoms with Crippen LogP contribution in [0, 0.1) is 0 Å². The van der Waals surface area contributed by atoms with Crippen molar-refractivity contribution in [3.8, 4) is 0 Å². The van der Waals surface area contributed by atoms with E-state index in [0.717, 1.165) is 103 Å². The molecule has 0 bridgehead atoms. The first-order valence-electron chi connectivity index (χ1n) is 22.9. The minimum atomic E-state index is -0.0352. The molecule has 0 spiro atoms. The Balaban J connectivity index is 4.29. The molecule has 0 radical (unpaired) electrons. The van der Waals surface area contributed by atoms with Gasteiger partial charge >= 0.3 is 18.0 Å². The van der Waals surface area contributed by atoms with Crippen molar-refractivity contribution in [1.29, 1.82) is 0 Å². The zero-order chi connectivity index (χ0) is 39.0. The van der Waals surface area contributed by atoms with Gasteiger partial charge in [-0.2, -0.15) is 0 Å². The number of amides is 2. The van der Waals surface area contributed by atoms with Crippen LogP contribution >= 0.6 is 0 Å². The Morgan fingerprint density at radius 2 is 0.906 bits per heavy atom. The first-order chi connectivity index (χ1) is 25.8. The van der Waals surface area contributed by atoms with E-state index >= 15 is 0 Å². The molecular weight excluding hydrogens is 663 g/mol. The largest absolute Gasteiger partial charge is 0.466 e. The third kappa shape index (κ3) is 36.9. The maximum atomic E-state index is 12.7. The van der Waals surface area contributed by atoms with Gasteiger partial charge in [-0.15, -0.1) is 0 Å². The summed E-state index contributed by atoms with van der Waals surface area (Å²) in [6, 6.07) is -0.0352. The van der Waals surface area contributed by atoms with Crippen molar-refractivity contribution in [1.82, 2.24) is 15.1 Å². The summed E-state index contributed by atoms with van der Waals surface area (Å²) in [5.74, 6) is -0.0286. The molecule has 0 saturated heterocycles. The van der Waals surface area contributed by atoms with Gasteiger partial charge < -0.3 is 24.6 Å². The van der Waals surface area contributed by atoms with Crippen molar-refractivity contribution in [2.24, 2.45) is 0 Å². The normalized spacial score (nSPS) is 11.9. The number of nitrogens with zero attached hydrogens (tertiary/aromatic N) is 2. The van der Waals surface area contributed by atoms with E-state index in [1.807, 2.05) is 0 Å². The Morgan fingerprint density at radius 3 is 1.43 bits per heavy atom. The van der Waals surface area contributed by atoms with Gasteiger partial charge in [0.25, 0.3) is 0 Å². The number of nitrogens with one attached hydrogen (secondary N) is 1. The summed E-state index contributed by atoms with van der Waals surface area (Å²) in [6.07, 6.45) is 35.0. The minimum Gasteiger partial charge on any atom is -0.466 e. The van der Waals surface area contributed by atoms with Gasteiger partial charge in [-0.1, -0.05) is 143 Å². The Hall–Kier alpha value is -1.83. The number of carbonyl (C=O) groups is 3. The zero-order valence-corrected chi connectivity index (χ0v) is 36.0. The van der Waals surface area contributed by atoms with E-state index in [-0.39, 0.29) is 24.1 Å². The molecule has 1 N–H and O–H groups in total. The molecule has 1 atom stereocenters. The van der Waals surface area contributed by atoms with Crippen LogP contribution in [0.2, 0.25) is 0 Å². The summed E-state index contributed by atoms with van der Waals surface area (Å²) >= 11 is 0. The van der Waals surface area contributed by atoms with E-state index in [4.69, 9.17) is 9.47 Å². The molecule has 2 amide bonds. The van der Waals surface area contributed by atoms with Crippen LogP contribution in [-0.4, -0.2) is 80.8 Å². The van der Waals surface area contributed by atoms with Gasteiger partial charge in [0.15, 0.2) is 0 Å². The number of esters is 2. The second kappa shape index (κ2) is 39.9. The van der Waals surface area contributed by atoms with Crippen molar-refractivity contribution in [3.63, 3.8) is 0 Å². The van der Waals surface area contributed by atoms with Gasteiger partial charge in [0, 0.05) is 33.5 Å². The summed E-state index contributed by atoms with van der Waals surface area (Å²) in [6.45, 7) is 11.1. The molecule has 0 aromatic heterocycles. The summed E-state index contributed by atoms with van der Waals surface area (Å²) < 4.78 is 11.4. The van der Waals surface area contributed by atoms with Crippen molar-refractivity contribution in [2.45, 2.75) is 226 Å². The van der Waals surface area contributed by atoms with E-state index in [2.05, 4.69) is 31.0 Å². The predicted molar refractivity (Wildman–Crippen MR) is 225 cm³/mol. The first kappa shape index (κ1) is 51.2. The lowest BCUT2D eigenvalue weighted by Crippen LogP contribution is -2.36. The van der Waals surface area contributed by atoms with E-state index in [9.17, 15) is 14.4 Å². The molecule has 8 heteroatoms. The summed E-state index contributed by atoms with van der Waals surface area (Å²) in [5.41, 5.74) is 0. The topological polar surface area (TPSA) is 88.2 Å². The van der Waals surface area contributed by atoms with E-state index in [1.165, 1.54) is 103 Å². The molecule has 0 heterocycles. The molecule has 314 valence electrons. The second-order valence-electron chi connectivity index (χ2n) is 15.9. The molecule has 8 nitrogen and oxygen atoms in total. The highest BCUT2D eigenvalue weighted by Gasteiger charge is 2.14. The molecular formula is C45H89N3O5. The molecule has 0 aliphatic carbocycles. The quantitative estimate of drug-likeness (QED) is 0.0495. The van der Waals surface area contributed by atoms with Crippen LogP contribution in [-0.2, 0) is 19.1 Å². The minimum absolute atomic E-state index is 0.00492. The Labute approximate surface area is 329 Å². The van der Waals surface area contributed by atoms with E-state index in [0.29, 0.717) is 26.0 Å². The summed E-state index contributed by atoms with van der Waals surface area (Å²) in [7, 11) is 3.54. The van der Waals surface area contributed by atoms with Gasteiger partial charge in [0.2, 0.25) is 0 Å². The monoisotopic (exact) mass is 752 g/mol. The molecule has 1 unspecified atom stereocenters. The number of hydrogen-bond acceptors (Lipinski definition) is 6. The molecule has 0 aliphatic rings. The van der Waals surface area contributed by atoms with Crippen LogP contribution in [0.1, 0.15) is 220 Å². The Morgan fingerprint density at radius 1 is 0.491 bits per heavy atom. The van der Waals surface area contributed by atoms with Crippen LogP contribution < -0.4 is 5.32 Å². The van der Waals surface area contributed by atoms with E-state index in [1.54, 1.807) is 19.0 Å². The highest BCUT2D eigenvalue weighted by atomic mass is 16.5. The third-order valence-electron chi connectivity index (χ3n) is 10.4. The molecule has 0 rings (SSSR count).